The van der Waals surface area contributed by atoms with Gasteiger partial charge in [0.1, 0.15) is 0 Å². The summed E-state index contributed by atoms with van der Waals surface area (Å²) in [5.74, 6) is -0.780. The zero-order valence-corrected chi connectivity index (χ0v) is 67.0. The quantitative estimate of drug-likeness (QED) is 0.0131. The number of esters is 3. The molecule has 0 atom stereocenters. The number of hydrogen-bond donors (Lipinski definition) is 3. The molecule has 0 spiro atoms. The van der Waals surface area contributed by atoms with E-state index in [2.05, 4.69) is 167 Å². The van der Waals surface area contributed by atoms with Crippen LogP contribution in [0.4, 0.5) is 0 Å². The molecule has 3 aliphatic heterocycles. The fourth-order valence-electron chi connectivity index (χ4n) is 15.3. The second kappa shape index (κ2) is 44.7. The van der Waals surface area contributed by atoms with Crippen molar-refractivity contribution in [3.05, 3.63) is 36.5 Å². The van der Waals surface area contributed by atoms with Crippen LogP contribution in [-0.2, 0) is 28.6 Å². The molecule has 0 amide bonds. The topological polar surface area (TPSA) is 184 Å². The normalized spacial score (nSPS) is 18.5. The van der Waals surface area contributed by atoms with Gasteiger partial charge in [0.25, 0.3) is 0 Å². The Labute approximate surface area is 587 Å². The number of nitrogens with zero attached hydrogens (tertiary/aromatic N) is 3. The molecule has 16 heteroatoms. The van der Waals surface area contributed by atoms with Gasteiger partial charge in [0.05, 0.1) is 99.9 Å². The maximum absolute atomic E-state index is 11.3. The van der Waals surface area contributed by atoms with Crippen molar-refractivity contribution in [3.63, 3.8) is 0 Å². The third-order valence-electron chi connectivity index (χ3n) is 19.9. The Hall–Kier alpha value is -2.43. The summed E-state index contributed by atoms with van der Waals surface area (Å²) in [5, 5.41) is 11.5. The summed E-state index contributed by atoms with van der Waals surface area (Å²) in [6, 6.07) is 2.22. The number of rotatable bonds is 42. The van der Waals surface area contributed by atoms with Gasteiger partial charge < -0.3 is 65.9 Å². The molecule has 3 heterocycles. The van der Waals surface area contributed by atoms with E-state index in [1.54, 1.807) is 20.8 Å². The highest BCUT2D eigenvalue weighted by Crippen LogP contribution is 2.37. The first-order chi connectivity index (χ1) is 43.5. The number of hydrogen-bond acceptors (Lipinski definition) is 12. The van der Waals surface area contributed by atoms with Gasteiger partial charge in [-0.15, -0.1) is 6.30 Å². The summed E-state index contributed by atoms with van der Waals surface area (Å²) in [4.78, 5) is 60.8. The van der Waals surface area contributed by atoms with E-state index < -0.39 is 7.57 Å². The molecule has 0 bridgehead atoms. The molecule has 0 unspecified atom stereocenters. The van der Waals surface area contributed by atoms with Crippen molar-refractivity contribution in [2.24, 2.45) is 0 Å². The fourth-order valence-corrected chi connectivity index (χ4v) is 15.3. The van der Waals surface area contributed by atoms with Crippen LogP contribution >= 0.6 is 7.57 Å². The number of quaternary nitrogens is 3. The molecule has 3 aliphatic rings. The molecule has 560 valence electrons. The van der Waals surface area contributed by atoms with Crippen LogP contribution in [0.5, 0.6) is 0 Å². The van der Waals surface area contributed by atoms with E-state index in [0.29, 0.717) is 36.5 Å². The first kappa shape index (κ1) is 92.6. The molecule has 0 aromatic carbocycles. The van der Waals surface area contributed by atoms with Crippen molar-refractivity contribution in [2.45, 2.75) is 367 Å². The Balaban J connectivity index is 0.00000134. The standard InChI is InChI=1S/3C26H51N2O2.CH2O3P/c3*1-22(2)24(29)30-19-17-15-13-11-9-10-12-14-16-18-28(7,8)23-20-25(3,4)27-26(5,6)21-23;1-5(2,3)4/h3*23,27H,1,9-21H2,2-8H3;1H2/q3*+1;-3. The lowest BCUT2D eigenvalue weighted by molar-refractivity contribution is -0.917. The Bertz CT molecular complexity index is 1960. The van der Waals surface area contributed by atoms with Crippen LogP contribution < -0.4 is 30.6 Å². The molecule has 3 saturated heterocycles. The second-order valence-corrected chi connectivity index (χ2v) is 36.5. The Morgan fingerprint density at radius 3 is 0.621 bits per heavy atom. The van der Waals surface area contributed by atoms with E-state index in [9.17, 15) is 14.4 Å². The molecule has 95 heavy (non-hydrogen) atoms. The SMILES string of the molecule is C=C(C)C(=O)OCCCCCCCCCCC[N+](C)(C)C1CC(C)(C)NC(C)(C)C1.C=C(C)C(=O)OCCCCCCCCCCC[N+](C)(C)C1CC(C)(C)NC(C)(C)C1.C=C(C)C(=O)OCCCCCCCCCCC[N+](C)(C)C1CC(C)(C)NC(C)(C)C1.C=P([O-])([O-])[O-]. The molecular formula is C79H155N6O9P. The lowest BCUT2D eigenvalue weighted by atomic mass is 9.78. The molecule has 0 saturated carbocycles. The van der Waals surface area contributed by atoms with Gasteiger partial charge in [-0.2, -0.15) is 0 Å². The van der Waals surface area contributed by atoms with Gasteiger partial charge in [0.15, 0.2) is 0 Å². The predicted octanol–water partition coefficient (Wildman–Crippen LogP) is 15.3. The average Bonchev–Trinajstić information content (AvgIpc) is 0.807. The van der Waals surface area contributed by atoms with Crippen molar-refractivity contribution in [1.82, 2.24) is 16.0 Å². The van der Waals surface area contributed by atoms with Gasteiger partial charge >= 0.3 is 17.9 Å². The monoisotopic (exact) mass is 1360 g/mol. The highest BCUT2D eigenvalue weighted by Gasteiger charge is 2.47. The summed E-state index contributed by atoms with van der Waals surface area (Å²) in [6.45, 7) is 49.6. The maximum atomic E-state index is 11.3. The minimum Gasteiger partial charge on any atom is -0.852 e. The highest BCUT2D eigenvalue weighted by molar-refractivity contribution is 7.52. The van der Waals surface area contributed by atoms with E-state index in [-0.39, 0.29) is 51.1 Å². The number of carbonyl (C=O) groups excluding carboxylic acids is 3. The summed E-state index contributed by atoms with van der Waals surface area (Å²) >= 11 is 0. The average molecular weight is 1360 g/mol. The molecule has 15 nitrogen and oxygen atoms in total. The van der Waals surface area contributed by atoms with E-state index in [1.165, 1.54) is 193 Å². The molecule has 0 aromatic rings. The third-order valence-corrected chi connectivity index (χ3v) is 19.9. The van der Waals surface area contributed by atoms with Crippen molar-refractivity contribution in [3.8, 4) is 0 Å². The van der Waals surface area contributed by atoms with Crippen LogP contribution in [0.15, 0.2) is 36.5 Å². The molecule has 3 rings (SSSR count). The molecular weight excluding hydrogens is 1210 g/mol. The minimum absolute atomic E-state index is 0.230. The van der Waals surface area contributed by atoms with Crippen molar-refractivity contribution >= 4 is 31.8 Å². The zero-order chi connectivity index (χ0) is 73.0. The number of ether oxygens (including phenoxy) is 3. The number of piperidine rings is 3. The largest absolute Gasteiger partial charge is 0.852 e. The van der Waals surface area contributed by atoms with Gasteiger partial charge in [0.2, 0.25) is 0 Å². The third kappa shape index (κ3) is 48.1. The first-order valence-corrected chi connectivity index (χ1v) is 39.5. The fraction of sp³-hybridized carbons (Fsp3) is 0.873. The Morgan fingerprint density at radius 2 is 0.474 bits per heavy atom. The van der Waals surface area contributed by atoms with Crippen LogP contribution in [0.1, 0.15) is 316 Å². The second-order valence-electron chi connectivity index (χ2n) is 35.3. The van der Waals surface area contributed by atoms with Crippen LogP contribution in [0.3, 0.4) is 0 Å². The van der Waals surface area contributed by atoms with E-state index in [1.807, 2.05) is 0 Å². The van der Waals surface area contributed by atoms with Crippen LogP contribution in [0, 0.1) is 0 Å². The van der Waals surface area contributed by atoms with Gasteiger partial charge in [-0.1, -0.05) is 135 Å². The summed E-state index contributed by atoms with van der Waals surface area (Å²) in [5.41, 5.74) is 2.84. The lowest BCUT2D eigenvalue weighted by Crippen LogP contribution is -2.65. The van der Waals surface area contributed by atoms with E-state index in [4.69, 9.17) is 28.9 Å². The van der Waals surface area contributed by atoms with Gasteiger partial charge in [0, 0.05) is 88.5 Å². The van der Waals surface area contributed by atoms with Crippen molar-refractivity contribution < 1.29 is 56.7 Å². The minimum atomic E-state index is -4.39. The van der Waals surface area contributed by atoms with Crippen LogP contribution in [0.2, 0.25) is 0 Å². The Morgan fingerprint density at radius 1 is 0.337 bits per heavy atom. The van der Waals surface area contributed by atoms with E-state index in [0.717, 1.165) is 70.1 Å². The smallest absolute Gasteiger partial charge is 0.333 e. The highest BCUT2D eigenvalue weighted by atomic mass is 31.2. The van der Waals surface area contributed by atoms with Crippen molar-refractivity contribution in [2.75, 3.05) is 81.7 Å². The lowest BCUT2D eigenvalue weighted by Gasteiger charge is -2.51. The summed E-state index contributed by atoms with van der Waals surface area (Å²) in [6.07, 6.45) is 44.0. The van der Waals surface area contributed by atoms with E-state index >= 15 is 0 Å². The molecule has 3 fully saturated rings. The van der Waals surface area contributed by atoms with Gasteiger partial charge in [-0.05, 0) is 162 Å². The summed E-state index contributed by atoms with van der Waals surface area (Å²) < 4.78 is 18.8. The molecule has 3 N–H and O–H groups in total. The first-order valence-electron chi connectivity index (χ1n) is 37.7. The van der Waals surface area contributed by atoms with Crippen molar-refractivity contribution in [1.29, 1.82) is 0 Å². The van der Waals surface area contributed by atoms with Crippen LogP contribution in [0.25, 0.3) is 0 Å². The number of nitrogens with one attached hydrogen (secondary N) is 3. The predicted molar refractivity (Wildman–Crippen MR) is 400 cm³/mol. The molecule has 0 aliphatic carbocycles. The zero-order valence-electron chi connectivity index (χ0n) is 66.1. The Kier molecular flexibility index (Phi) is 43.6. The number of carbonyl (C=O) groups is 3. The summed E-state index contributed by atoms with van der Waals surface area (Å²) in [7, 11) is 10.3. The van der Waals surface area contributed by atoms with Crippen LogP contribution in [-0.4, -0.2) is 171 Å². The van der Waals surface area contributed by atoms with Gasteiger partial charge in [-0.25, -0.2) is 14.4 Å². The molecule has 0 aromatic heterocycles. The molecule has 0 radical (unpaired) electrons. The number of unbranched alkanes of at least 4 members (excludes halogenated alkanes) is 24. The van der Waals surface area contributed by atoms with Gasteiger partial charge in [-0.3, -0.25) is 0 Å². The maximum Gasteiger partial charge on any atom is 0.333 e.